The summed E-state index contributed by atoms with van der Waals surface area (Å²) in [5, 5.41) is 0.389. The van der Waals surface area contributed by atoms with E-state index in [-0.39, 0.29) is 36.2 Å². The van der Waals surface area contributed by atoms with E-state index >= 15 is 0 Å². The molecule has 0 N–H and O–H groups in total. The fraction of sp³-hybridized carbons (Fsp3) is 0.174. The van der Waals surface area contributed by atoms with Crippen LogP contribution in [0.1, 0.15) is 17.5 Å². The highest BCUT2D eigenvalue weighted by molar-refractivity contribution is 7.90. The van der Waals surface area contributed by atoms with Crippen LogP contribution in [0.5, 0.6) is 0 Å². The summed E-state index contributed by atoms with van der Waals surface area (Å²) in [5.74, 6) is -1.15. The van der Waals surface area contributed by atoms with Gasteiger partial charge in [0.2, 0.25) is 5.91 Å². The van der Waals surface area contributed by atoms with Crippen molar-refractivity contribution >= 4 is 42.4 Å². The molecule has 0 aliphatic heterocycles. The Bertz CT molecular complexity index is 1330. The Hall–Kier alpha value is -3.17. The van der Waals surface area contributed by atoms with Gasteiger partial charge in [-0.3, -0.25) is 14.7 Å². The second kappa shape index (κ2) is 9.54. The highest BCUT2D eigenvalue weighted by atomic mass is 32.2. The molecular weight excluding hydrogens is 449 g/mol. The molecule has 2 aromatic carbocycles. The lowest BCUT2D eigenvalue weighted by atomic mass is 10.2. The normalized spacial score (nSPS) is 11.5. The van der Waals surface area contributed by atoms with Crippen molar-refractivity contribution in [3.8, 4) is 0 Å². The molecule has 32 heavy (non-hydrogen) atoms. The minimum atomic E-state index is -3.47. The molecule has 4 rings (SSSR count). The molecule has 0 aliphatic carbocycles. The third-order valence-electron chi connectivity index (χ3n) is 4.79. The van der Waals surface area contributed by atoms with E-state index in [1.807, 2.05) is 12.1 Å². The Kier molecular flexibility index (Phi) is 6.57. The molecule has 2 heterocycles. The number of rotatable bonds is 8. The minimum absolute atomic E-state index is 0.121. The molecule has 0 saturated heterocycles. The minimum Gasteiger partial charge on any atom is -0.284 e. The molecule has 0 radical (unpaired) electrons. The van der Waals surface area contributed by atoms with Crippen LogP contribution >= 0.6 is 11.3 Å². The van der Waals surface area contributed by atoms with Gasteiger partial charge in [-0.15, -0.1) is 0 Å². The SMILES string of the molecule is O=C(CCS(=O)(=O)Cc1ccccc1)N(Cc1cccnc1)c1nc2ccc(F)cc2s1. The topological polar surface area (TPSA) is 80.2 Å². The van der Waals surface area contributed by atoms with Crippen molar-refractivity contribution < 1.29 is 17.6 Å². The average molecular weight is 470 g/mol. The van der Waals surface area contributed by atoms with Gasteiger partial charge in [0.1, 0.15) is 5.82 Å². The number of carbonyl (C=O) groups is 1. The number of hydrogen-bond donors (Lipinski definition) is 0. The van der Waals surface area contributed by atoms with Crippen molar-refractivity contribution in [1.82, 2.24) is 9.97 Å². The lowest BCUT2D eigenvalue weighted by Gasteiger charge is -2.20. The predicted octanol–water partition coefficient (Wildman–Crippen LogP) is 4.37. The number of amides is 1. The molecule has 4 aromatic rings. The van der Waals surface area contributed by atoms with Crippen molar-refractivity contribution in [2.24, 2.45) is 0 Å². The van der Waals surface area contributed by atoms with E-state index < -0.39 is 9.84 Å². The monoisotopic (exact) mass is 469 g/mol. The molecule has 9 heteroatoms. The zero-order valence-electron chi connectivity index (χ0n) is 17.0. The van der Waals surface area contributed by atoms with Crippen LogP contribution in [-0.2, 0) is 26.9 Å². The number of aromatic nitrogens is 2. The molecule has 0 atom stereocenters. The van der Waals surface area contributed by atoms with Crippen molar-refractivity contribution in [2.45, 2.75) is 18.7 Å². The van der Waals surface area contributed by atoms with Gasteiger partial charge in [0.15, 0.2) is 15.0 Å². The lowest BCUT2D eigenvalue weighted by Crippen LogP contribution is -2.32. The first kappa shape index (κ1) is 22.0. The summed E-state index contributed by atoms with van der Waals surface area (Å²) in [4.78, 5) is 23.1. The molecule has 6 nitrogen and oxygen atoms in total. The zero-order valence-corrected chi connectivity index (χ0v) is 18.7. The third-order valence-corrected chi connectivity index (χ3v) is 7.43. The van der Waals surface area contributed by atoms with E-state index in [9.17, 15) is 17.6 Å². The molecule has 0 saturated carbocycles. The van der Waals surface area contributed by atoms with Gasteiger partial charge in [0.25, 0.3) is 0 Å². The summed E-state index contributed by atoms with van der Waals surface area (Å²) in [6, 6.07) is 16.7. The summed E-state index contributed by atoms with van der Waals surface area (Å²) in [7, 11) is -3.47. The predicted molar refractivity (Wildman–Crippen MR) is 124 cm³/mol. The number of pyridine rings is 1. The first-order valence-electron chi connectivity index (χ1n) is 9.89. The van der Waals surface area contributed by atoms with Crippen molar-refractivity contribution in [3.05, 3.63) is 90.0 Å². The summed E-state index contributed by atoms with van der Waals surface area (Å²) in [5.41, 5.74) is 2.03. The van der Waals surface area contributed by atoms with E-state index in [1.54, 1.807) is 48.8 Å². The fourth-order valence-corrected chi connectivity index (χ4v) is 5.55. The lowest BCUT2D eigenvalue weighted by molar-refractivity contribution is -0.118. The average Bonchev–Trinajstić information content (AvgIpc) is 3.20. The van der Waals surface area contributed by atoms with Crippen LogP contribution in [0.3, 0.4) is 0 Å². The van der Waals surface area contributed by atoms with E-state index in [4.69, 9.17) is 0 Å². The van der Waals surface area contributed by atoms with Gasteiger partial charge >= 0.3 is 0 Å². The summed E-state index contributed by atoms with van der Waals surface area (Å²) < 4.78 is 39.3. The Morgan fingerprint density at radius 3 is 2.56 bits per heavy atom. The summed E-state index contributed by atoms with van der Waals surface area (Å²) in [6.45, 7) is 0.188. The number of sulfone groups is 1. The largest absolute Gasteiger partial charge is 0.284 e. The highest BCUT2D eigenvalue weighted by Crippen LogP contribution is 2.30. The fourth-order valence-electron chi connectivity index (χ4n) is 3.22. The number of anilines is 1. The van der Waals surface area contributed by atoms with Gasteiger partial charge in [-0.05, 0) is 35.4 Å². The van der Waals surface area contributed by atoms with Crippen LogP contribution < -0.4 is 4.90 Å². The maximum atomic E-state index is 13.6. The number of benzene rings is 2. The van der Waals surface area contributed by atoms with Crippen LogP contribution in [0, 0.1) is 5.82 Å². The number of carbonyl (C=O) groups excluding carboxylic acids is 1. The number of thiazole rings is 1. The molecule has 0 aliphatic rings. The van der Waals surface area contributed by atoms with Gasteiger partial charge in [-0.1, -0.05) is 47.7 Å². The van der Waals surface area contributed by atoms with Crippen LogP contribution in [0.2, 0.25) is 0 Å². The van der Waals surface area contributed by atoms with Gasteiger partial charge < -0.3 is 0 Å². The van der Waals surface area contributed by atoms with E-state index in [0.29, 0.717) is 20.9 Å². The maximum Gasteiger partial charge on any atom is 0.230 e. The molecule has 0 bridgehead atoms. The van der Waals surface area contributed by atoms with Gasteiger partial charge in [0, 0.05) is 18.8 Å². The van der Waals surface area contributed by atoms with Crippen LogP contribution in [-0.4, -0.2) is 30.0 Å². The van der Waals surface area contributed by atoms with Crippen molar-refractivity contribution in [1.29, 1.82) is 0 Å². The highest BCUT2D eigenvalue weighted by Gasteiger charge is 2.23. The van der Waals surface area contributed by atoms with Crippen LogP contribution in [0.15, 0.2) is 73.1 Å². The Morgan fingerprint density at radius 2 is 1.81 bits per heavy atom. The third kappa shape index (κ3) is 5.54. The van der Waals surface area contributed by atoms with E-state index in [2.05, 4.69) is 9.97 Å². The van der Waals surface area contributed by atoms with E-state index in [0.717, 1.165) is 5.56 Å². The Balaban J connectivity index is 1.55. The van der Waals surface area contributed by atoms with Gasteiger partial charge in [0.05, 0.1) is 28.3 Å². The summed E-state index contributed by atoms with van der Waals surface area (Å²) >= 11 is 1.19. The second-order valence-electron chi connectivity index (χ2n) is 7.28. The standard InChI is InChI=1S/C23H20FN3O3S2/c24-19-8-9-20-21(13-19)31-23(26-20)27(15-18-7-4-11-25-14-18)22(28)10-12-32(29,30)16-17-5-2-1-3-6-17/h1-9,11,13-14H,10,12,15-16H2. The molecular formula is C23H20FN3O3S2. The molecule has 0 spiro atoms. The first-order chi connectivity index (χ1) is 15.4. The molecule has 2 aromatic heterocycles. The molecule has 0 fully saturated rings. The number of halogens is 1. The molecule has 1 amide bonds. The Morgan fingerprint density at radius 1 is 1.03 bits per heavy atom. The number of hydrogen-bond acceptors (Lipinski definition) is 6. The Labute approximate surface area is 189 Å². The first-order valence-corrected chi connectivity index (χ1v) is 12.5. The quantitative estimate of drug-likeness (QED) is 0.383. The van der Waals surface area contributed by atoms with Crippen molar-refractivity contribution in [3.63, 3.8) is 0 Å². The number of nitrogens with zero attached hydrogens (tertiary/aromatic N) is 3. The number of fused-ring (bicyclic) bond motifs is 1. The molecule has 0 unspecified atom stereocenters. The molecule has 164 valence electrons. The second-order valence-corrected chi connectivity index (χ2v) is 10.5. The van der Waals surface area contributed by atoms with E-state index in [1.165, 1.54) is 28.4 Å². The van der Waals surface area contributed by atoms with Crippen LogP contribution in [0.4, 0.5) is 9.52 Å². The smallest absolute Gasteiger partial charge is 0.230 e. The summed E-state index contributed by atoms with van der Waals surface area (Å²) in [6.07, 6.45) is 3.09. The van der Waals surface area contributed by atoms with Crippen LogP contribution in [0.25, 0.3) is 10.2 Å². The van der Waals surface area contributed by atoms with Crippen molar-refractivity contribution in [2.75, 3.05) is 10.7 Å². The zero-order chi connectivity index (χ0) is 22.6. The maximum absolute atomic E-state index is 13.6. The van der Waals surface area contributed by atoms with Gasteiger partial charge in [-0.25, -0.2) is 17.8 Å². The van der Waals surface area contributed by atoms with Gasteiger partial charge in [-0.2, -0.15) is 0 Å².